The molecule has 0 aliphatic heterocycles. The van der Waals surface area contributed by atoms with Crippen LogP contribution < -0.4 is 0 Å². The van der Waals surface area contributed by atoms with Crippen molar-refractivity contribution in [3.05, 3.63) is 40.0 Å². The van der Waals surface area contributed by atoms with E-state index in [1.165, 1.54) is 12.3 Å². The molecule has 0 saturated carbocycles. The third-order valence-corrected chi connectivity index (χ3v) is 1.38. The number of allylic oxidation sites excluding steroid dienone is 1. The fourth-order valence-corrected chi connectivity index (χ4v) is 0.791. The normalized spacial score (nSPS) is 11.3. The zero-order chi connectivity index (χ0) is 9.84. The summed E-state index contributed by atoms with van der Waals surface area (Å²) in [4.78, 5) is 20.4. The van der Waals surface area contributed by atoms with Crippen molar-refractivity contribution in [3.63, 3.8) is 0 Å². The monoisotopic (exact) mass is 181 g/mol. The minimum absolute atomic E-state index is 0.293. The number of Topliss-reactive ketones (excluding diaryl/α,β-unsaturated/α-hetero) is 1. The minimum Gasteiger partial charge on any atom is -0.465 e. The number of hydrogen-bond donors (Lipinski definition) is 0. The lowest BCUT2D eigenvalue weighted by molar-refractivity contribution is -0.417. The van der Waals surface area contributed by atoms with Gasteiger partial charge in [-0.05, 0) is 12.1 Å². The Morgan fingerprint density at radius 1 is 1.69 bits per heavy atom. The molecule has 0 aromatic carbocycles. The van der Waals surface area contributed by atoms with Crippen LogP contribution in [-0.4, -0.2) is 10.7 Å². The van der Waals surface area contributed by atoms with Crippen molar-refractivity contribution >= 4 is 11.9 Å². The van der Waals surface area contributed by atoms with E-state index < -0.39 is 16.4 Å². The summed E-state index contributed by atoms with van der Waals surface area (Å²) < 4.78 is 4.83. The van der Waals surface area contributed by atoms with Gasteiger partial charge in [0.25, 0.3) is 0 Å². The number of furan rings is 1. The fourth-order valence-electron chi connectivity index (χ4n) is 0.791. The van der Waals surface area contributed by atoms with Crippen LogP contribution in [0.1, 0.15) is 12.7 Å². The van der Waals surface area contributed by atoms with E-state index >= 15 is 0 Å². The average Bonchev–Trinajstić information content (AvgIpc) is 2.50. The first-order chi connectivity index (χ1) is 6.11. The van der Waals surface area contributed by atoms with Gasteiger partial charge in [0, 0.05) is 6.92 Å². The van der Waals surface area contributed by atoms with Crippen molar-refractivity contribution in [1.29, 1.82) is 0 Å². The zero-order valence-corrected chi connectivity index (χ0v) is 6.89. The van der Waals surface area contributed by atoms with E-state index in [4.69, 9.17) is 4.42 Å². The molecule has 1 heterocycles. The van der Waals surface area contributed by atoms with Crippen LogP contribution in [0, 0.1) is 10.1 Å². The van der Waals surface area contributed by atoms with Crippen molar-refractivity contribution in [3.8, 4) is 0 Å². The van der Waals surface area contributed by atoms with E-state index in [1.807, 2.05) is 0 Å². The summed E-state index contributed by atoms with van der Waals surface area (Å²) in [6.07, 6.45) is 2.48. The molecule has 1 rings (SSSR count). The molecule has 68 valence electrons. The Morgan fingerprint density at radius 2 is 2.38 bits per heavy atom. The topological polar surface area (TPSA) is 73.3 Å². The van der Waals surface area contributed by atoms with Gasteiger partial charge < -0.3 is 4.42 Å². The smallest absolute Gasteiger partial charge is 0.315 e. The minimum atomic E-state index is -0.731. The highest BCUT2D eigenvalue weighted by Crippen LogP contribution is 2.08. The molecular weight excluding hydrogens is 174 g/mol. The standard InChI is InChI=1S/C8H7NO4/c1-6(10)8(9(11)12)5-7-3-2-4-13-7/h2-5H,1H3/b8-5-. The lowest BCUT2D eigenvalue weighted by atomic mass is 10.3. The number of nitro groups is 1. The molecule has 0 atom stereocenters. The summed E-state index contributed by atoms with van der Waals surface area (Å²) in [6.45, 7) is 1.14. The van der Waals surface area contributed by atoms with Gasteiger partial charge in [-0.25, -0.2) is 0 Å². The Kier molecular flexibility index (Phi) is 2.59. The predicted molar refractivity (Wildman–Crippen MR) is 44.4 cm³/mol. The number of carbonyl (C=O) groups excluding carboxylic acids is 1. The largest absolute Gasteiger partial charge is 0.465 e. The molecule has 0 amide bonds. The highest BCUT2D eigenvalue weighted by atomic mass is 16.6. The van der Waals surface area contributed by atoms with Crippen LogP contribution in [0.4, 0.5) is 0 Å². The second-order valence-corrected chi connectivity index (χ2v) is 2.36. The number of nitrogens with zero attached hydrogens (tertiary/aromatic N) is 1. The molecule has 0 aliphatic carbocycles. The summed E-state index contributed by atoms with van der Waals surface area (Å²) in [5.41, 5.74) is -0.477. The first-order valence-electron chi connectivity index (χ1n) is 3.52. The zero-order valence-electron chi connectivity index (χ0n) is 6.89. The van der Waals surface area contributed by atoms with Gasteiger partial charge in [0.05, 0.1) is 17.3 Å². The molecule has 1 aromatic rings. The number of rotatable bonds is 3. The first kappa shape index (κ1) is 9.18. The third kappa shape index (κ3) is 2.26. The number of carbonyl (C=O) groups is 1. The molecule has 0 unspecified atom stereocenters. The summed E-state index contributed by atoms with van der Waals surface area (Å²) in [5.74, 6) is -0.302. The molecule has 5 nitrogen and oxygen atoms in total. The van der Waals surface area contributed by atoms with Gasteiger partial charge in [0.1, 0.15) is 5.76 Å². The van der Waals surface area contributed by atoms with E-state index in [-0.39, 0.29) is 0 Å². The molecular formula is C8H7NO4. The van der Waals surface area contributed by atoms with Crippen molar-refractivity contribution in [1.82, 2.24) is 0 Å². The predicted octanol–water partition coefficient (Wildman–Crippen LogP) is 1.49. The molecule has 0 bridgehead atoms. The van der Waals surface area contributed by atoms with E-state index in [0.717, 1.165) is 13.0 Å². The summed E-state index contributed by atoms with van der Waals surface area (Å²) in [6, 6.07) is 3.12. The Bertz CT molecular complexity index is 334. The number of hydrogen-bond acceptors (Lipinski definition) is 4. The van der Waals surface area contributed by atoms with Crippen LogP contribution >= 0.6 is 0 Å². The SMILES string of the molecule is CC(=O)/C(=C/c1ccco1)[N+](=O)[O-]. The Hall–Kier alpha value is -1.91. The molecule has 1 aromatic heterocycles. The van der Waals surface area contributed by atoms with E-state index in [1.54, 1.807) is 6.07 Å². The van der Waals surface area contributed by atoms with Crippen LogP contribution in [0.3, 0.4) is 0 Å². The van der Waals surface area contributed by atoms with Gasteiger partial charge in [0.2, 0.25) is 5.78 Å². The van der Waals surface area contributed by atoms with E-state index in [0.29, 0.717) is 5.76 Å². The molecule has 0 fully saturated rings. The molecule has 0 saturated heterocycles. The highest BCUT2D eigenvalue weighted by Gasteiger charge is 2.17. The van der Waals surface area contributed by atoms with Crippen molar-refractivity contribution in [2.75, 3.05) is 0 Å². The lowest BCUT2D eigenvalue weighted by Gasteiger charge is -1.90. The first-order valence-corrected chi connectivity index (χ1v) is 3.52. The van der Waals surface area contributed by atoms with Gasteiger partial charge in [-0.2, -0.15) is 0 Å². The third-order valence-electron chi connectivity index (χ3n) is 1.38. The van der Waals surface area contributed by atoms with Crippen LogP contribution in [0.15, 0.2) is 28.5 Å². The average molecular weight is 181 g/mol. The molecule has 0 N–H and O–H groups in total. The molecule has 0 spiro atoms. The maximum Gasteiger partial charge on any atom is 0.315 e. The van der Waals surface area contributed by atoms with Crippen LogP contribution in [0.5, 0.6) is 0 Å². The summed E-state index contributed by atoms with van der Waals surface area (Å²) in [7, 11) is 0. The van der Waals surface area contributed by atoms with E-state index in [9.17, 15) is 14.9 Å². The van der Waals surface area contributed by atoms with Gasteiger partial charge >= 0.3 is 5.70 Å². The van der Waals surface area contributed by atoms with E-state index in [2.05, 4.69) is 0 Å². The molecule has 13 heavy (non-hydrogen) atoms. The Labute approximate surface area is 73.8 Å². The second-order valence-electron chi connectivity index (χ2n) is 2.36. The molecule has 5 heteroatoms. The van der Waals surface area contributed by atoms with Crippen molar-refractivity contribution in [2.24, 2.45) is 0 Å². The van der Waals surface area contributed by atoms with Crippen LogP contribution in [0.2, 0.25) is 0 Å². The highest BCUT2D eigenvalue weighted by molar-refractivity contribution is 5.94. The van der Waals surface area contributed by atoms with Gasteiger partial charge in [-0.1, -0.05) is 0 Å². The Balaban J connectivity index is 3.01. The molecule has 0 aliphatic rings. The summed E-state index contributed by atoms with van der Waals surface area (Å²) >= 11 is 0. The van der Waals surface area contributed by atoms with Crippen molar-refractivity contribution < 1.29 is 14.1 Å². The van der Waals surface area contributed by atoms with Gasteiger partial charge in [0.15, 0.2) is 0 Å². The quantitative estimate of drug-likeness (QED) is 0.402. The van der Waals surface area contributed by atoms with Gasteiger partial charge in [-0.15, -0.1) is 0 Å². The maximum absolute atomic E-state index is 10.8. The molecule has 0 radical (unpaired) electrons. The maximum atomic E-state index is 10.8. The van der Waals surface area contributed by atoms with Crippen LogP contribution in [-0.2, 0) is 4.79 Å². The van der Waals surface area contributed by atoms with Crippen molar-refractivity contribution in [2.45, 2.75) is 6.92 Å². The number of ketones is 1. The van der Waals surface area contributed by atoms with Crippen LogP contribution in [0.25, 0.3) is 6.08 Å². The van der Waals surface area contributed by atoms with Gasteiger partial charge in [-0.3, -0.25) is 14.9 Å². The Morgan fingerprint density at radius 3 is 2.77 bits per heavy atom. The lowest BCUT2D eigenvalue weighted by Crippen LogP contribution is -2.06. The fraction of sp³-hybridized carbons (Fsp3) is 0.125. The second kappa shape index (κ2) is 3.66. The summed E-state index contributed by atoms with van der Waals surface area (Å²) in [5, 5.41) is 10.3.